The zero-order chi connectivity index (χ0) is 24.8. The SMILES string of the molecule is COc1ccc(/C=C2/N=C(SCC(=O)Nc3ccnn3C(C)C)N(Cc3ccccc3)C2=O)cc1. The number of aromatic nitrogens is 2. The van der Waals surface area contributed by atoms with Crippen molar-refractivity contribution in [2.75, 3.05) is 18.2 Å². The lowest BCUT2D eigenvalue weighted by molar-refractivity contribution is -0.123. The van der Waals surface area contributed by atoms with Crippen molar-refractivity contribution in [1.29, 1.82) is 0 Å². The highest BCUT2D eigenvalue weighted by atomic mass is 32.2. The summed E-state index contributed by atoms with van der Waals surface area (Å²) in [5.74, 6) is 1.08. The van der Waals surface area contributed by atoms with Gasteiger partial charge in [0.2, 0.25) is 5.91 Å². The Kier molecular flexibility index (Phi) is 7.67. The molecule has 1 aromatic heterocycles. The number of thioether (sulfide) groups is 1. The van der Waals surface area contributed by atoms with Crippen LogP contribution in [0.4, 0.5) is 5.82 Å². The number of carbonyl (C=O) groups excluding carboxylic acids is 2. The van der Waals surface area contributed by atoms with Crippen LogP contribution in [0.3, 0.4) is 0 Å². The lowest BCUT2D eigenvalue weighted by Crippen LogP contribution is -2.31. The van der Waals surface area contributed by atoms with E-state index in [2.05, 4.69) is 15.4 Å². The van der Waals surface area contributed by atoms with Gasteiger partial charge < -0.3 is 10.1 Å². The van der Waals surface area contributed by atoms with Crippen LogP contribution >= 0.6 is 11.8 Å². The van der Waals surface area contributed by atoms with E-state index in [4.69, 9.17) is 4.74 Å². The van der Waals surface area contributed by atoms with Gasteiger partial charge in [-0.15, -0.1) is 0 Å². The van der Waals surface area contributed by atoms with E-state index in [0.717, 1.165) is 16.9 Å². The minimum Gasteiger partial charge on any atom is -0.497 e. The third kappa shape index (κ3) is 5.99. The number of anilines is 1. The Bertz CT molecular complexity index is 1250. The number of hydrogen-bond donors (Lipinski definition) is 1. The number of methoxy groups -OCH3 is 1. The maximum Gasteiger partial charge on any atom is 0.278 e. The summed E-state index contributed by atoms with van der Waals surface area (Å²) in [6, 6.07) is 19.0. The van der Waals surface area contributed by atoms with E-state index in [-0.39, 0.29) is 23.6 Å². The molecule has 180 valence electrons. The van der Waals surface area contributed by atoms with Crippen LogP contribution in [-0.2, 0) is 16.1 Å². The van der Waals surface area contributed by atoms with Crippen molar-refractivity contribution >= 4 is 40.6 Å². The average molecular weight is 490 g/mol. The maximum absolute atomic E-state index is 13.3. The van der Waals surface area contributed by atoms with Gasteiger partial charge in [0.15, 0.2) is 5.17 Å². The van der Waals surface area contributed by atoms with E-state index >= 15 is 0 Å². The quantitative estimate of drug-likeness (QED) is 0.468. The Balaban J connectivity index is 1.52. The summed E-state index contributed by atoms with van der Waals surface area (Å²) in [6.07, 6.45) is 3.40. The van der Waals surface area contributed by atoms with Gasteiger partial charge >= 0.3 is 0 Å². The van der Waals surface area contributed by atoms with Gasteiger partial charge in [-0.05, 0) is 43.2 Å². The van der Waals surface area contributed by atoms with Gasteiger partial charge in [-0.3, -0.25) is 14.5 Å². The molecule has 8 nitrogen and oxygen atoms in total. The number of ether oxygens (including phenoxy) is 1. The maximum atomic E-state index is 13.3. The predicted octanol–water partition coefficient (Wildman–Crippen LogP) is 4.58. The number of aliphatic imine (C=N–C) groups is 1. The summed E-state index contributed by atoms with van der Waals surface area (Å²) in [6.45, 7) is 4.36. The van der Waals surface area contributed by atoms with E-state index in [1.807, 2.05) is 68.4 Å². The molecule has 9 heteroatoms. The van der Waals surface area contributed by atoms with Crippen LogP contribution in [-0.4, -0.2) is 44.5 Å². The summed E-state index contributed by atoms with van der Waals surface area (Å²) >= 11 is 1.23. The highest BCUT2D eigenvalue weighted by Crippen LogP contribution is 2.26. The minimum absolute atomic E-state index is 0.108. The monoisotopic (exact) mass is 489 g/mol. The average Bonchev–Trinajstić information content (AvgIpc) is 3.44. The van der Waals surface area contributed by atoms with Gasteiger partial charge in [-0.1, -0.05) is 54.2 Å². The lowest BCUT2D eigenvalue weighted by atomic mass is 10.1. The summed E-state index contributed by atoms with van der Waals surface area (Å²) < 4.78 is 6.95. The first-order valence-corrected chi connectivity index (χ1v) is 12.2. The second kappa shape index (κ2) is 11.1. The molecule has 0 atom stereocenters. The van der Waals surface area contributed by atoms with Gasteiger partial charge in [-0.2, -0.15) is 5.10 Å². The highest BCUT2D eigenvalue weighted by Gasteiger charge is 2.31. The van der Waals surface area contributed by atoms with E-state index < -0.39 is 0 Å². The molecule has 0 spiro atoms. The van der Waals surface area contributed by atoms with Crippen molar-refractivity contribution in [3.63, 3.8) is 0 Å². The Hall–Kier alpha value is -3.85. The number of nitrogens with zero attached hydrogens (tertiary/aromatic N) is 4. The topological polar surface area (TPSA) is 88.8 Å². The Morgan fingerprint density at radius 1 is 1.11 bits per heavy atom. The van der Waals surface area contributed by atoms with Gasteiger partial charge in [0, 0.05) is 12.1 Å². The molecule has 0 bridgehead atoms. The summed E-state index contributed by atoms with van der Waals surface area (Å²) in [5.41, 5.74) is 2.14. The number of hydrogen-bond acceptors (Lipinski definition) is 6. The van der Waals surface area contributed by atoms with Crippen molar-refractivity contribution in [2.45, 2.75) is 26.4 Å². The van der Waals surface area contributed by atoms with Crippen molar-refractivity contribution in [1.82, 2.24) is 14.7 Å². The number of rotatable bonds is 8. The standard InChI is InChI=1S/C26H27N5O3S/c1-18(2)31-23(13-14-27-31)29-24(32)17-35-26-28-22(15-19-9-11-21(34-3)12-10-19)25(33)30(26)16-20-7-5-4-6-8-20/h4-15,18H,16-17H2,1-3H3,(H,29,32)/b22-15+. The number of amidine groups is 1. The van der Waals surface area contributed by atoms with Crippen molar-refractivity contribution < 1.29 is 14.3 Å². The normalized spacial score (nSPS) is 14.5. The fourth-order valence-electron chi connectivity index (χ4n) is 3.54. The lowest BCUT2D eigenvalue weighted by Gasteiger charge is -2.18. The molecule has 2 heterocycles. The summed E-state index contributed by atoms with van der Waals surface area (Å²) in [4.78, 5) is 32.1. The first-order chi connectivity index (χ1) is 16.9. The molecular weight excluding hydrogens is 462 g/mol. The Morgan fingerprint density at radius 2 is 1.86 bits per heavy atom. The Labute approximate surface area is 208 Å². The van der Waals surface area contributed by atoms with Crippen LogP contribution in [0.5, 0.6) is 5.75 Å². The smallest absolute Gasteiger partial charge is 0.278 e. The molecule has 0 saturated heterocycles. The molecule has 0 saturated carbocycles. The molecule has 2 aromatic carbocycles. The minimum atomic E-state index is -0.203. The van der Waals surface area contributed by atoms with Crippen LogP contribution in [0.25, 0.3) is 6.08 Å². The molecule has 0 aliphatic carbocycles. The molecule has 0 unspecified atom stereocenters. The van der Waals surface area contributed by atoms with Crippen LogP contribution in [0.1, 0.15) is 31.0 Å². The Morgan fingerprint density at radius 3 is 2.54 bits per heavy atom. The van der Waals surface area contributed by atoms with Crippen LogP contribution in [0, 0.1) is 0 Å². The van der Waals surface area contributed by atoms with Gasteiger partial charge in [0.05, 0.1) is 25.6 Å². The van der Waals surface area contributed by atoms with Crippen molar-refractivity contribution in [2.24, 2.45) is 4.99 Å². The fraction of sp³-hybridized carbons (Fsp3) is 0.231. The van der Waals surface area contributed by atoms with Crippen LogP contribution in [0.15, 0.2) is 77.5 Å². The number of amides is 2. The fourth-order valence-corrected chi connectivity index (χ4v) is 4.34. The summed E-state index contributed by atoms with van der Waals surface area (Å²) in [5, 5.41) is 7.62. The van der Waals surface area contributed by atoms with Gasteiger partial charge in [0.25, 0.3) is 5.91 Å². The van der Waals surface area contributed by atoms with Crippen LogP contribution in [0.2, 0.25) is 0 Å². The molecule has 3 aromatic rings. The van der Waals surface area contributed by atoms with Gasteiger partial charge in [-0.25, -0.2) is 9.67 Å². The number of carbonyl (C=O) groups is 2. The third-order valence-electron chi connectivity index (χ3n) is 5.27. The first-order valence-electron chi connectivity index (χ1n) is 11.2. The van der Waals surface area contributed by atoms with Gasteiger partial charge in [0.1, 0.15) is 17.3 Å². The molecular formula is C26H27N5O3S. The molecule has 1 aliphatic heterocycles. The van der Waals surface area contributed by atoms with Crippen molar-refractivity contribution in [3.05, 3.63) is 83.7 Å². The largest absolute Gasteiger partial charge is 0.497 e. The molecule has 0 fully saturated rings. The zero-order valence-electron chi connectivity index (χ0n) is 19.8. The molecule has 4 rings (SSSR count). The molecule has 2 amide bonds. The van der Waals surface area contributed by atoms with Crippen molar-refractivity contribution in [3.8, 4) is 5.75 Å². The zero-order valence-corrected chi connectivity index (χ0v) is 20.7. The highest BCUT2D eigenvalue weighted by molar-refractivity contribution is 8.14. The van der Waals surface area contributed by atoms with E-state index in [1.54, 1.807) is 35.0 Å². The third-order valence-corrected chi connectivity index (χ3v) is 6.25. The number of benzene rings is 2. The second-order valence-electron chi connectivity index (χ2n) is 8.17. The summed E-state index contributed by atoms with van der Waals surface area (Å²) in [7, 11) is 1.61. The van der Waals surface area contributed by atoms with Crippen LogP contribution < -0.4 is 10.1 Å². The van der Waals surface area contributed by atoms with E-state index in [0.29, 0.717) is 23.2 Å². The molecule has 35 heavy (non-hydrogen) atoms. The first kappa shape index (κ1) is 24.3. The predicted molar refractivity (Wildman–Crippen MR) is 139 cm³/mol. The molecule has 1 aliphatic rings. The molecule has 1 N–H and O–H groups in total. The van der Waals surface area contributed by atoms with E-state index in [9.17, 15) is 9.59 Å². The molecule has 0 radical (unpaired) electrons. The van der Waals surface area contributed by atoms with E-state index in [1.165, 1.54) is 11.8 Å². The number of nitrogens with one attached hydrogen (secondary N) is 1. The second-order valence-corrected chi connectivity index (χ2v) is 9.11.